The van der Waals surface area contributed by atoms with E-state index in [4.69, 9.17) is 11.6 Å². The Labute approximate surface area is 223 Å². The zero-order valence-electron chi connectivity index (χ0n) is 17.6. The summed E-state index contributed by atoms with van der Waals surface area (Å²) in [6, 6.07) is 14.5. The SMILES string of the molecule is O=C(NC(Cc1ccc(Cl)cc1)C(=O)O)c1ccc(I)cc1NS(=O)(=O)c1cccc2nsnc12. The number of amides is 1. The lowest BCUT2D eigenvalue weighted by Crippen LogP contribution is -2.42. The molecule has 3 aromatic carbocycles. The lowest BCUT2D eigenvalue weighted by Gasteiger charge is -2.17. The van der Waals surface area contributed by atoms with Crippen molar-refractivity contribution < 1.29 is 23.1 Å². The number of fused-ring (bicyclic) bond motifs is 1. The number of carbonyl (C=O) groups excluding carboxylic acids is 1. The molecule has 1 atom stereocenters. The summed E-state index contributed by atoms with van der Waals surface area (Å²) in [6.45, 7) is 0. The number of carbonyl (C=O) groups is 2. The Balaban J connectivity index is 1.62. The van der Waals surface area contributed by atoms with Gasteiger partial charge in [0, 0.05) is 15.0 Å². The first-order valence-electron chi connectivity index (χ1n) is 9.96. The van der Waals surface area contributed by atoms with Crippen LogP contribution in [0.25, 0.3) is 11.0 Å². The van der Waals surface area contributed by atoms with Crippen LogP contribution in [-0.2, 0) is 21.2 Å². The van der Waals surface area contributed by atoms with Gasteiger partial charge in [-0.15, -0.1) is 0 Å². The number of hydrogen-bond acceptors (Lipinski definition) is 7. The maximum Gasteiger partial charge on any atom is 0.326 e. The van der Waals surface area contributed by atoms with E-state index in [9.17, 15) is 23.1 Å². The number of carboxylic acids is 1. The molecule has 0 fully saturated rings. The van der Waals surface area contributed by atoms with Crippen LogP contribution < -0.4 is 10.0 Å². The van der Waals surface area contributed by atoms with Gasteiger partial charge in [0.2, 0.25) is 0 Å². The maximum atomic E-state index is 13.2. The molecule has 1 aromatic heterocycles. The molecule has 0 aliphatic rings. The summed E-state index contributed by atoms with van der Waals surface area (Å²) in [5.74, 6) is -1.97. The van der Waals surface area contributed by atoms with Crippen LogP contribution in [0.2, 0.25) is 5.02 Å². The summed E-state index contributed by atoms with van der Waals surface area (Å²) in [5.41, 5.74) is 1.29. The van der Waals surface area contributed by atoms with E-state index in [1.807, 2.05) is 22.6 Å². The van der Waals surface area contributed by atoms with Gasteiger partial charge in [0.1, 0.15) is 22.0 Å². The summed E-state index contributed by atoms with van der Waals surface area (Å²) in [7, 11) is -4.14. The molecule has 0 aliphatic carbocycles. The van der Waals surface area contributed by atoms with Crippen molar-refractivity contribution in [1.82, 2.24) is 14.1 Å². The maximum absolute atomic E-state index is 13.2. The summed E-state index contributed by atoms with van der Waals surface area (Å²) in [5, 5.41) is 12.6. The molecule has 1 amide bonds. The number of hydrogen-bond donors (Lipinski definition) is 3. The second kappa shape index (κ2) is 10.4. The van der Waals surface area contributed by atoms with Crippen LogP contribution in [0, 0.1) is 3.57 Å². The predicted octanol–water partition coefficient (Wildman–Crippen LogP) is 4.18. The van der Waals surface area contributed by atoms with Gasteiger partial charge in [-0.3, -0.25) is 9.52 Å². The molecule has 0 bridgehead atoms. The smallest absolute Gasteiger partial charge is 0.326 e. The Bertz CT molecular complexity index is 1530. The molecule has 0 saturated carbocycles. The molecule has 180 valence electrons. The highest BCUT2D eigenvalue weighted by Crippen LogP contribution is 2.26. The summed E-state index contributed by atoms with van der Waals surface area (Å²) >= 11 is 8.76. The number of aliphatic carboxylic acids is 1. The molecule has 4 aromatic rings. The van der Waals surface area contributed by atoms with Crippen molar-refractivity contribution in [3.05, 3.63) is 80.4 Å². The minimum atomic E-state index is -4.14. The number of anilines is 1. The summed E-state index contributed by atoms with van der Waals surface area (Å²) in [4.78, 5) is 24.8. The van der Waals surface area contributed by atoms with Gasteiger partial charge in [0.05, 0.1) is 23.0 Å². The minimum Gasteiger partial charge on any atom is -0.480 e. The van der Waals surface area contributed by atoms with E-state index >= 15 is 0 Å². The number of carboxylic acid groups (broad SMARTS) is 1. The lowest BCUT2D eigenvalue weighted by atomic mass is 10.1. The topological polar surface area (TPSA) is 138 Å². The number of benzene rings is 3. The van der Waals surface area contributed by atoms with Crippen molar-refractivity contribution in [2.75, 3.05) is 4.72 Å². The molecule has 13 heteroatoms. The fourth-order valence-electron chi connectivity index (χ4n) is 3.29. The van der Waals surface area contributed by atoms with Crippen molar-refractivity contribution in [2.24, 2.45) is 0 Å². The minimum absolute atomic E-state index is 0.00484. The second-order valence-electron chi connectivity index (χ2n) is 7.38. The first-order chi connectivity index (χ1) is 16.6. The van der Waals surface area contributed by atoms with Crippen LogP contribution in [0.4, 0.5) is 5.69 Å². The largest absolute Gasteiger partial charge is 0.480 e. The Morgan fingerprint density at radius 2 is 1.83 bits per heavy atom. The molecule has 0 spiro atoms. The van der Waals surface area contributed by atoms with Crippen molar-refractivity contribution in [3.8, 4) is 0 Å². The first kappa shape index (κ1) is 25.3. The van der Waals surface area contributed by atoms with Gasteiger partial charge in [-0.1, -0.05) is 29.8 Å². The zero-order chi connectivity index (χ0) is 25.2. The van der Waals surface area contributed by atoms with Gasteiger partial charge in [-0.2, -0.15) is 8.75 Å². The number of rotatable bonds is 8. The van der Waals surface area contributed by atoms with Crippen LogP contribution in [0.15, 0.2) is 65.6 Å². The van der Waals surface area contributed by atoms with Crippen molar-refractivity contribution in [2.45, 2.75) is 17.4 Å². The van der Waals surface area contributed by atoms with Gasteiger partial charge in [0.25, 0.3) is 15.9 Å². The molecule has 0 radical (unpaired) electrons. The highest BCUT2D eigenvalue weighted by atomic mass is 127. The Hall–Kier alpha value is -2.81. The van der Waals surface area contributed by atoms with Crippen LogP contribution in [0.1, 0.15) is 15.9 Å². The van der Waals surface area contributed by atoms with E-state index in [0.29, 0.717) is 19.7 Å². The molecule has 0 aliphatic heterocycles. The number of aromatic nitrogens is 2. The van der Waals surface area contributed by atoms with Crippen LogP contribution in [0.5, 0.6) is 0 Å². The molecule has 9 nitrogen and oxygen atoms in total. The fourth-order valence-corrected chi connectivity index (χ4v) is 5.74. The number of halogens is 2. The van der Waals surface area contributed by atoms with Gasteiger partial charge in [0.15, 0.2) is 0 Å². The zero-order valence-corrected chi connectivity index (χ0v) is 22.2. The number of nitrogens with zero attached hydrogens (tertiary/aromatic N) is 2. The van der Waals surface area contributed by atoms with E-state index in [1.54, 1.807) is 42.5 Å². The molecule has 3 N–H and O–H groups in total. The van der Waals surface area contributed by atoms with Crippen molar-refractivity contribution in [1.29, 1.82) is 0 Å². The Morgan fingerprint density at radius 3 is 2.54 bits per heavy atom. The third-order valence-corrected chi connectivity index (χ3v) is 7.83. The molecular formula is C22H16ClIN4O5S2. The monoisotopic (exact) mass is 642 g/mol. The molecule has 1 unspecified atom stereocenters. The Morgan fingerprint density at radius 1 is 1.09 bits per heavy atom. The highest BCUT2D eigenvalue weighted by molar-refractivity contribution is 14.1. The van der Waals surface area contributed by atoms with E-state index in [0.717, 1.165) is 11.7 Å². The average molecular weight is 643 g/mol. The Kier molecular flexibility index (Phi) is 7.54. The third-order valence-electron chi connectivity index (χ3n) is 4.97. The normalized spacial score (nSPS) is 12.3. The summed E-state index contributed by atoms with van der Waals surface area (Å²) in [6.07, 6.45) is 0.0164. The van der Waals surface area contributed by atoms with E-state index in [-0.39, 0.29) is 28.1 Å². The third kappa shape index (κ3) is 5.89. The highest BCUT2D eigenvalue weighted by Gasteiger charge is 2.26. The van der Waals surface area contributed by atoms with Crippen molar-refractivity contribution >= 4 is 84.5 Å². The number of nitrogens with one attached hydrogen (secondary N) is 2. The second-order valence-corrected chi connectivity index (χ2v) is 11.2. The van der Waals surface area contributed by atoms with Gasteiger partial charge in [-0.25, -0.2) is 13.2 Å². The molecular weight excluding hydrogens is 627 g/mol. The first-order valence-corrected chi connectivity index (χ1v) is 13.6. The summed E-state index contributed by atoms with van der Waals surface area (Å²) < 4.78 is 37.6. The van der Waals surface area contributed by atoms with Crippen LogP contribution in [0.3, 0.4) is 0 Å². The molecule has 1 heterocycles. The van der Waals surface area contributed by atoms with Gasteiger partial charge < -0.3 is 10.4 Å². The van der Waals surface area contributed by atoms with Crippen LogP contribution >= 0.6 is 45.9 Å². The quantitative estimate of drug-likeness (QED) is 0.245. The predicted molar refractivity (Wildman–Crippen MR) is 141 cm³/mol. The molecule has 35 heavy (non-hydrogen) atoms. The van der Waals surface area contributed by atoms with E-state index < -0.39 is 27.9 Å². The van der Waals surface area contributed by atoms with E-state index in [2.05, 4.69) is 18.8 Å². The van der Waals surface area contributed by atoms with Crippen LogP contribution in [-0.4, -0.2) is 40.2 Å². The lowest BCUT2D eigenvalue weighted by molar-refractivity contribution is -0.139. The average Bonchev–Trinajstić information content (AvgIpc) is 3.28. The van der Waals surface area contributed by atoms with Gasteiger partial charge in [-0.05, 0) is 70.6 Å². The molecule has 0 saturated heterocycles. The fraction of sp³-hybridized carbons (Fsp3) is 0.0909. The standard InChI is InChI=1S/C22H16ClIN4O5S2/c23-13-6-4-12(5-7-13)10-18(22(30)31)25-21(29)15-9-8-14(24)11-17(15)28-35(32,33)19-3-1-2-16-20(19)27-34-26-16/h1-9,11,18,28H,10H2,(H,25,29)(H,30,31). The number of sulfonamides is 1. The van der Waals surface area contributed by atoms with E-state index in [1.165, 1.54) is 18.2 Å². The van der Waals surface area contributed by atoms with Crippen molar-refractivity contribution in [3.63, 3.8) is 0 Å². The molecule has 4 rings (SSSR count). The van der Waals surface area contributed by atoms with Gasteiger partial charge >= 0.3 is 5.97 Å².